The fraction of sp³-hybridized carbons (Fsp3) is 0.588. The number of rotatable bonds is 4. The topological polar surface area (TPSA) is 89.5 Å². The van der Waals surface area contributed by atoms with E-state index < -0.39 is 46.6 Å². The average Bonchev–Trinajstić information content (AvgIpc) is 3.21. The first-order chi connectivity index (χ1) is 12.6. The van der Waals surface area contributed by atoms with Crippen molar-refractivity contribution in [3.05, 3.63) is 29.8 Å². The maximum atomic E-state index is 12.8. The van der Waals surface area contributed by atoms with E-state index in [0.717, 1.165) is 5.56 Å². The Hall–Kier alpha value is -1.30. The summed E-state index contributed by atoms with van der Waals surface area (Å²) in [7, 11) is -4.06. The first kappa shape index (κ1) is 19.0. The molecule has 0 unspecified atom stereocenters. The van der Waals surface area contributed by atoms with Crippen LogP contribution >= 0.6 is 12.2 Å². The van der Waals surface area contributed by atoms with E-state index in [2.05, 4.69) is 0 Å². The van der Waals surface area contributed by atoms with Crippen molar-refractivity contribution in [2.24, 2.45) is 0 Å². The van der Waals surface area contributed by atoms with Crippen LogP contribution in [0.5, 0.6) is 0 Å². The zero-order chi connectivity index (χ0) is 19.4. The monoisotopic (exact) mass is 416 g/mol. The highest BCUT2D eigenvalue weighted by Crippen LogP contribution is 2.41. The minimum absolute atomic E-state index is 0.0111. The molecule has 10 heteroatoms. The predicted octanol–water partition coefficient (Wildman–Crippen LogP) is 1.65. The van der Waals surface area contributed by atoms with Crippen LogP contribution in [-0.2, 0) is 38.0 Å². The van der Waals surface area contributed by atoms with Gasteiger partial charge in [-0.1, -0.05) is 17.7 Å². The van der Waals surface area contributed by atoms with Gasteiger partial charge in [-0.25, -0.2) is 0 Å². The smallest absolute Gasteiger partial charge is 0.352 e. The van der Waals surface area contributed by atoms with Crippen molar-refractivity contribution in [1.29, 1.82) is 0 Å². The van der Waals surface area contributed by atoms with Crippen LogP contribution in [0.3, 0.4) is 0 Å². The third kappa shape index (κ3) is 3.69. The molecule has 0 spiro atoms. The summed E-state index contributed by atoms with van der Waals surface area (Å²) >= 11 is 4.88. The molecule has 3 heterocycles. The first-order valence-electron chi connectivity index (χ1n) is 8.49. The molecule has 0 radical (unpaired) electrons. The molecule has 27 heavy (non-hydrogen) atoms. The summed E-state index contributed by atoms with van der Waals surface area (Å²) in [5.74, 6) is -0.919. The number of fused-ring (bicyclic) bond motifs is 1. The van der Waals surface area contributed by atoms with Gasteiger partial charge in [0.15, 0.2) is 18.2 Å². The molecule has 1 aromatic rings. The Balaban J connectivity index is 1.61. The molecule has 3 saturated heterocycles. The van der Waals surface area contributed by atoms with Crippen LogP contribution in [0.15, 0.2) is 29.2 Å². The van der Waals surface area contributed by atoms with E-state index in [1.54, 1.807) is 26.0 Å². The molecule has 0 aromatic heterocycles. The number of aryl methyl sites for hydroxylation is 1. The van der Waals surface area contributed by atoms with E-state index in [9.17, 15) is 8.42 Å². The molecular weight excluding hydrogens is 396 g/mol. The Morgan fingerprint density at radius 3 is 2.48 bits per heavy atom. The predicted molar refractivity (Wildman–Crippen MR) is 95.4 cm³/mol. The normalized spacial score (nSPS) is 34.9. The highest BCUT2D eigenvalue weighted by atomic mass is 32.2. The second-order valence-corrected chi connectivity index (χ2v) is 9.02. The molecule has 0 amide bonds. The number of benzene rings is 1. The van der Waals surface area contributed by atoms with E-state index in [-0.39, 0.29) is 16.7 Å². The highest BCUT2D eigenvalue weighted by Gasteiger charge is 2.60. The van der Waals surface area contributed by atoms with E-state index in [4.69, 9.17) is 40.1 Å². The molecule has 3 fully saturated rings. The Labute approximate surface area is 162 Å². The zero-order valence-electron chi connectivity index (χ0n) is 15.0. The van der Waals surface area contributed by atoms with Gasteiger partial charge in [0.25, 0.3) is 10.1 Å². The Bertz CT molecular complexity index is 835. The number of hydrogen-bond acceptors (Lipinski definition) is 9. The minimum atomic E-state index is -4.06. The van der Waals surface area contributed by atoms with E-state index in [1.165, 1.54) is 12.1 Å². The van der Waals surface area contributed by atoms with Gasteiger partial charge in [-0.15, -0.1) is 0 Å². The van der Waals surface area contributed by atoms with Crippen molar-refractivity contribution < 1.29 is 36.3 Å². The Kier molecular flexibility index (Phi) is 4.68. The summed E-state index contributed by atoms with van der Waals surface area (Å²) in [6.07, 6.45) is -3.88. The second kappa shape index (κ2) is 6.64. The molecule has 5 atom stereocenters. The molecular formula is C17H20O8S2. The van der Waals surface area contributed by atoms with E-state index in [1.807, 2.05) is 6.92 Å². The lowest BCUT2D eigenvalue weighted by molar-refractivity contribution is -0.221. The molecule has 1 aromatic carbocycles. The molecule has 0 saturated carbocycles. The van der Waals surface area contributed by atoms with Crippen molar-refractivity contribution in [1.82, 2.24) is 0 Å². The number of ether oxygens (including phenoxy) is 5. The average molecular weight is 416 g/mol. The number of hydrogen-bond donors (Lipinski definition) is 0. The van der Waals surface area contributed by atoms with Crippen molar-refractivity contribution >= 4 is 27.6 Å². The van der Waals surface area contributed by atoms with Crippen LogP contribution in [-0.4, -0.2) is 56.8 Å². The second-order valence-electron chi connectivity index (χ2n) is 7.11. The minimum Gasteiger partial charge on any atom is -0.453 e. The van der Waals surface area contributed by atoms with Gasteiger partial charge in [0.2, 0.25) is 0 Å². The molecule has 8 nitrogen and oxygen atoms in total. The zero-order valence-corrected chi connectivity index (χ0v) is 16.6. The standard InChI is InChI=1S/C17H20O8S2/c1-9-4-6-10(7-5-9)27(18,19)25-13-12(11-8-20-16(26)21-11)22-15-14(13)23-17(2,3)24-15/h4-7,11-15H,8H2,1-3H3/t11-,12-,13-,14+,15-/m0/s1. The largest absolute Gasteiger partial charge is 0.453 e. The van der Waals surface area contributed by atoms with Gasteiger partial charge in [0.05, 0.1) is 4.90 Å². The summed E-state index contributed by atoms with van der Waals surface area (Å²) in [4.78, 5) is 0.0487. The quantitative estimate of drug-likeness (QED) is 0.537. The molecule has 4 rings (SSSR count). The van der Waals surface area contributed by atoms with Crippen LogP contribution in [0.25, 0.3) is 0 Å². The van der Waals surface area contributed by atoms with Gasteiger partial charge < -0.3 is 23.7 Å². The van der Waals surface area contributed by atoms with Gasteiger partial charge in [0.1, 0.15) is 24.9 Å². The SMILES string of the molecule is Cc1ccc(S(=O)(=O)O[C@H]2[C@H]([C@@H]3COC(=S)O3)O[C@H]3OC(C)(C)O[C@@H]32)cc1. The van der Waals surface area contributed by atoms with Crippen LogP contribution in [0.4, 0.5) is 0 Å². The van der Waals surface area contributed by atoms with Gasteiger partial charge in [0, 0.05) is 12.2 Å². The molecule has 0 N–H and O–H groups in total. The van der Waals surface area contributed by atoms with Crippen LogP contribution < -0.4 is 0 Å². The van der Waals surface area contributed by atoms with Gasteiger partial charge in [-0.2, -0.15) is 8.42 Å². The molecule has 0 aliphatic carbocycles. The summed E-state index contributed by atoms with van der Waals surface area (Å²) < 4.78 is 59.2. The van der Waals surface area contributed by atoms with Crippen molar-refractivity contribution in [2.45, 2.75) is 62.2 Å². The van der Waals surface area contributed by atoms with Crippen molar-refractivity contribution in [2.75, 3.05) is 6.61 Å². The lowest BCUT2D eigenvalue weighted by Crippen LogP contribution is -2.44. The third-order valence-corrected chi connectivity index (χ3v) is 6.09. The summed E-state index contributed by atoms with van der Waals surface area (Å²) in [5.41, 5.74) is 0.940. The lowest BCUT2D eigenvalue weighted by atomic mass is 10.1. The fourth-order valence-corrected chi connectivity index (χ4v) is 4.61. The van der Waals surface area contributed by atoms with Crippen LogP contribution in [0.2, 0.25) is 0 Å². The maximum Gasteiger partial charge on any atom is 0.352 e. The molecule has 148 valence electrons. The van der Waals surface area contributed by atoms with Crippen molar-refractivity contribution in [3.8, 4) is 0 Å². The summed E-state index contributed by atoms with van der Waals surface area (Å²) in [6.45, 7) is 5.45. The summed E-state index contributed by atoms with van der Waals surface area (Å²) in [6, 6.07) is 6.39. The lowest BCUT2D eigenvalue weighted by Gasteiger charge is -2.27. The van der Waals surface area contributed by atoms with Gasteiger partial charge in [-0.3, -0.25) is 4.18 Å². The Morgan fingerprint density at radius 2 is 1.85 bits per heavy atom. The number of thiocarbonyl (C=S) groups is 1. The Morgan fingerprint density at radius 1 is 1.15 bits per heavy atom. The van der Waals surface area contributed by atoms with E-state index in [0.29, 0.717) is 0 Å². The maximum absolute atomic E-state index is 12.8. The molecule has 0 bridgehead atoms. The first-order valence-corrected chi connectivity index (χ1v) is 10.3. The van der Waals surface area contributed by atoms with E-state index >= 15 is 0 Å². The van der Waals surface area contributed by atoms with Crippen LogP contribution in [0, 0.1) is 6.92 Å². The molecule has 3 aliphatic heterocycles. The summed E-state index contributed by atoms with van der Waals surface area (Å²) in [5, 5.41) is -0.0111. The van der Waals surface area contributed by atoms with Crippen LogP contribution in [0.1, 0.15) is 19.4 Å². The van der Waals surface area contributed by atoms with Crippen molar-refractivity contribution in [3.63, 3.8) is 0 Å². The fourth-order valence-electron chi connectivity index (χ4n) is 3.32. The highest BCUT2D eigenvalue weighted by molar-refractivity contribution is 7.86. The van der Waals surface area contributed by atoms with Gasteiger partial charge in [-0.05, 0) is 32.9 Å². The molecule has 3 aliphatic rings. The third-order valence-electron chi connectivity index (χ3n) is 4.55. The van der Waals surface area contributed by atoms with Gasteiger partial charge >= 0.3 is 5.24 Å².